The van der Waals surface area contributed by atoms with E-state index in [4.69, 9.17) is 0 Å². The van der Waals surface area contributed by atoms with Crippen molar-refractivity contribution in [2.45, 2.75) is 4.90 Å². The molecule has 0 amide bonds. The van der Waals surface area contributed by atoms with Gasteiger partial charge in [0.1, 0.15) is 16.9 Å². The van der Waals surface area contributed by atoms with E-state index in [2.05, 4.69) is 9.98 Å². The minimum absolute atomic E-state index is 0.677. The number of aromatic nitrogens is 1. The van der Waals surface area contributed by atoms with Crippen LogP contribution >= 0.6 is 11.8 Å². The molecule has 64 valence electrons. The molecular weight excluding hydrogens is 186 g/mol. The first-order valence-electron chi connectivity index (χ1n) is 3.86. The number of rotatable bonds is 0. The van der Waals surface area contributed by atoms with Crippen LogP contribution in [0.1, 0.15) is 0 Å². The molecule has 1 aromatic heterocycles. The first-order chi connectivity index (χ1) is 6.36. The highest BCUT2D eigenvalue weighted by atomic mass is 32.2. The van der Waals surface area contributed by atoms with Gasteiger partial charge >= 0.3 is 0 Å². The lowest BCUT2D eigenvalue weighted by Gasteiger charge is -1.99. The summed E-state index contributed by atoms with van der Waals surface area (Å²) in [6, 6.07) is 0. The topological polar surface area (TPSA) is 51.7 Å². The summed E-state index contributed by atoms with van der Waals surface area (Å²) in [4.78, 5) is 9.09. The van der Waals surface area contributed by atoms with Crippen molar-refractivity contribution in [2.75, 3.05) is 5.75 Å². The number of hydrogen-bond donors (Lipinski definition) is 0. The molecule has 3 rings (SSSR count). The summed E-state index contributed by atoms with van der Waals surface area (Å²) in [7, 11) is 0. The maximum absolute atomic E-state index is 11.4. The molecule has 4 nitrogen and oxygen atoms in total. The van der Waals surface area contributed by atoms with Crippen LogP contribution in [-0.2, 0) is 0 Å². The number of thioether (sulfide) groups is 1. The number of fused-ring (bicyclic) bond motifs is 3. The zero-order valence-electron chi connectivity index (χ0n) is 6.60. The van der Waals surface area contributed by atoms with Gasteiger partial charge in [-0.3, -0.25) is 0 Å². The molecule has 0 fully saturated rings. The fraction of sp³-hybridized carbons (Fsp3) is 0.125. The minimum Gasteiger partial charge on any atom is -0.618 e. The molecule has 0 N–H and O–H groups in total. The lowest BCUT2D eigenvalue weighted by Crippen LogP contribution is -2.47. The van der Waals surface area contributed by atoms with Gasteiger partial charge in [-0.2, -0.15) is 4.73 Å². The van der Waals surface area contributed by atoms with Crippen molar-refractivity contribution in [2.24, 2.45) is 9.98 Å². The van der Waals surface area contributed by atoms with Gasteiger partial charge in [0.2, 0.25) is 11.5 Å². The van der Waals surface area contributed by atoms with Crippen LogP contribution in [0.15, 0.2) is 21.1 Å². The lowest BCUT2D eigenvalue weighted by molar-refractivity contribution is -0.622. The van der Waals surface area contributed by atoms with Gasteiger partial charge in [0.25, 0.3) is 0 Å². The molecule has 0 unspecified atom stereocenters. The van der Waals surface area contributed by atoms with Crippen molar-refractivity contribution >= 4 is 29.9 Å². The normalized spacial score (nSPS) is 16.3. The van der Waals surface area contributed by atoms with E-state index in [-0.39, 0.29) is 0 Å². The molecule has 0 atom stereocenters. The van der Waals surface area contributed by atoms with E-state index in [1.54, 1.807) is 11.8 Å². The monoisotopic (exact) mass is 191 g/mol. The molecular formula is C8H5N3OS. The second kappa shape index (κ2) is 2.32. The fourth-order valence-corrected chi connectivity index (χ4v) is 2.50. The van der Waals surface area contributed by atoms with Crippen LogP contribution in [0.3, 0.4) is 0 Å². The van der Waals surface area contributed by atoms with Gasteiger partial charge in [-0.05, 0) is 0 Å². The van der Waals surface area contributed by atoms with Crippen LogP contribution in [0.2, 0.25) is 0 Å². The Morgan fingerprint density at radius 1 is 1.54 bits per heavy atom. The third-order valence-electron chi connectivity index (χ3n) is 2.06. The van der Waals surface area contributed by atoms with Crippen molar-refractivity contribution in [1.29, 1.82) is 0 Å². The van der Waals surface area contributed by atoms with E-state index >= 15 is 0 Å². The van der Waals surface area contributed by atoms with Crippen LogP contribution in [0, 0.1) is 5.21 Å². The third kappa shape index (κ3) is 0.846. The predicted octanol–water partition coefficient (Wildman–Crippen LogP) is -0.501. The van der Waals surface area contributed by atoms with E-state index in [9.17, 15) is 5.21 Å². The van der Waals surface area contributed by atoms with Crippen LogP contribution in [0.5, 0.6) is 0 Å². The van der Waals surface area contributed by atoms with Gasteiger partial charge < -0.3 is 5.21 Å². The maximum Gasteiger partial charge on any atom is 0.229 e. The van der Waals surface area contributed by atoms with Crippen molar-refractivity contribution < 1.29 is 4.73 Å². The molecule has 0 radical (unpaired) electrons. The first-order valence-corrected chi connectivity index (χ1v) is 4.84. The maximum atomic E-state index is 11.4. The Balaban J connectivity index is 2.53. The molecule has 0 saturated heterocycles. The summed E-state index contributed by atoms with van der Waals surface area (Å²) in [6.45, 7) is 0. The summed E-state index contributed by atoms with van der Waals surface area (Å²) in [5, 5.41) is 12.8. The Bertz CT molecular complexity index is 535. The SMILES string of the molecule is [O-][n+]1cc2c(c3c1=CCS3)N=CN=2. The number of nitrogens with zero attached hydrogens (tertiary/aromatic N) is 3. The minimum atomic E-state index is 0.677. The highest BCUT2D eigenvalue weighted by molar-refractivity contribution is 8.00. The van der Waals surface area contributed by atoms with Gasteiger partial charge in [-0.1, -0.05) is 0 Å². The molecule has 0 spiro atoms. The number of pyridine rings is 1. The standard InChI is InChI=1S/C8H5N3OS/c12-11-3-5-7(10-4-9-5)8-6(11)1-2-13-8/h1,3-4H,2H2. The summed E-state index contributed by atoms with van der Waals surface area (Å²) < 4.78 is 0.867. The Hall–Kier alpha value is -1.36. The van der Waals surface area contributed by atoms with Crippen molar-refractivity contribution in [3.8, 4) is 0 Å². The van der Waals surface area contributed by atoms with Crippen LogP contribution in [-0.4, -0.2) is 12.1 Å². The van der Waals surface area contributed by atoms with E-state index < -0.39 is 0 Å². The Morgan fingerprint density at radius 2 is 2.46 bits per heavy atom. The average Bonchev–Trinajstić information content (AvgIpc) is 2.66. The van der Waals surface area contributed by atoms with Gasteiger partial charge in [0.15, 0.2) is 5.36 Å². The predicted molar refractivity (Wildman–Crippen MR) is 49.5 cm³/mol. The third-order valence-corrected chi connectivity index (χ3v) is 3.08. The largest absolute Gasteiger partial charge is 0.618 e. The summed E-state index contributed by atoms with van der Waals surface area (Å²) in [5.41, 5.74) is 0.848. The zero-order valence-corrected chi connectivity index (χ0v) is 7.41. The number of aliphatic imine (C=N–C) groups is 1. The van der Waals surface area contributed by atoms with Gasteiger partial charge in [-0.25, -0.2) is 9.98 Å². The summed E-state index contributed by atoms with van der Waals surface area (Å²) in [6.07, 6.45) is 4.88. The highest BCUT2D eigenvalue weighted by Gasteiger charge is 2.19. The zero-order chi connectivity index (χ0) is 8.84. The van der Waals surface area contributed by atoms with E-state index in [0.717, 1.165) is 26.4 Å². The summed E-state index contributed by atoms with van der Waals surface area (Å²) >= 11 is 1.64. The van der Waals surface area contributed by atoms with Crippen LogP contribution in [0.25, 0.3) is 6.08 Å². The molecule has 2 aliphatic heterocycles. The summed E-state index contributed by atoms with van der Waals surface area (Å²) in [5.74, 6) is 0.851. The average molecular weight is 191 g/mol. The Morgan fingerprint density at radius 3 is 3.38 bits per heavy atom. The lowest BCUT2D eigenvalue weighted by atomic mass is 10.3. The second-order valence-electron chi connectivity index (χ2n) is 2.79. The van der Waals surface area contributed by atoms with E-state index in [1.165, 1.54) is 12.5 Å². The number of hydrogen-bond acceptors (Lipinski definition) is 4. The van der Waals surface area contributed by atoms with Gasteiger partial charge in [0.05, 0.1) is 0 Å². The Labute approximate surface area is 77.9 Å². The molecule has 5 heteroatoms. The first kappa shape index (κ1) is 7.08. The smallest absolute Gasteiger partial charge is 0.229 e. The quantitative estimate of drug-likeness (QED) is 0.410. The molecule has 0 bridgehead atoms. The Kier molecular flexibility index (Phi) is 1.26. The van der Waals surface area contributed by atoms with E-state index in [0.29, 0.717) is 5.36 Å². The molecule has 13 heavy (non-hydrogen) atoms. The van der Waals surface area contributed by atoms with Crippen molar-refractivity contribution in [3.05, 3.63) is 22.1 Å². The second-order valence-corrected chi connectivity index (χ2v) is 3.82. The fourth-order valence-electron chi connectivity index (χ4n) is 1.48. The molecule has 0 aliphatic carbocycles. The van der Waals surface area contributed by atoms with Crippen molar-refractivity contribution in [3.63, 3.8) is 0 Å². The molecule has 1 aromatic rings. The van der Waals surface area contributed by atoms with Gasteiger partial charge in [0, 0.05) is 11.8 Å². The van der Waals surface area contributed by atoms with Gasteiger partial charge in [-0.15, -0.1) is 11.8 Å². The molecule has 2 aliphatic rings. The van der Waals surface area contributed by atoms with Crippen molar-refractivity contribution in [1.82, 2.24) is 0 Å². The van der Waals surface area contributed by atoms with E-state index in [1.807, 2.05) is 6.08 Å². The highest BCUT2D eigenvalue weighted by Crippen LogP contribution is 2.26. The van der Waals surface area contributed by atoms with Crippen LogP contribution in [0.4, 0.5) is 5.69 Å². The molecule has 3 heterocycles. The van der Waals surface area contributed by atoms with Crippen LogP contribution < -0.4 is 15.4 Å². The molecule has 0 aromatic carbocycles. The molecule has 0 saturated carbocycles.